The largest absolute Gasteiger partial charge is 0.283 e. The van der Waals surface area contributed by atoms with Crippen LogP contribution in [0.2, 0.25) is 0 Å². The van der Waals surface area contributed by atoms with Crippen molar-refractivity contribution < 1.29 is 0 Å². The molecule has 0 bridgehead atoms. The standard InChI is InChI=1S/C18H23BrN4.S69/c1-10-13(19)21-15-11-8-9-12(17(2,3)4)20-14(11)22-16(23(10)15)18(5,6)7;1-3-5-7-9-11-13-15-17-19-21-23-25-27-29-31-33-35-37-39-41-43-45-47-49-51-53-55-57-59-61-63-65-67-69-68-66-64-62-60-58-56-54-52-50-48-46-44-42-40-38-36-34-32-30-28-26-24-22-20-18-16-14-12-10-8-6-4-2/h8-9H,1-7H3;. The minimum absolute atomic E-state index is 0.00415. The maximum Gasteiger partial charge on any atom is 0.165 e. The van der Waals surface area contributed by atoms with E-state index in [0.29, 0.717) is 0 Å². The van der Waals surface area contributed by atoms with Crippen molar-refractivity contribution in [3.05, 3.63) is 33.9 Å². The number of aromatic nitrogens is 4. The summed E-state index contributed by atoms with van der Waals surface area (Å²) in [7, 11) is 121. The predicted octanol–water partition coefficient (Wildman–Crippen LogP) is 4.78. The number of imidazole rings is 1. The zero-order valence-corrected chi connectivity index (χ0v) is 101. The first kappa shape index (κ1) is 102. The van der Waals surface area contributed by atoms with Crippen LogP contribution in [-0.4, -0.2) is 19.4 Å². The first-order valence-electron chi connectivity index (χ1n) is 19.2. The lowest BCUT2D eigenvalue weighted by atomic mass is 9.91. The van der Waals surface area contributed by atoms with Crippen LogP contribution in [0.5, 0.6) is 0 Å². The Hall–Kier alpha value is 13.7. The number of hydrogen-bond acceptors (Lipinski definition) is 5. The molecule has 74 heteroatoms. The maximum absolute atomic E-state index is 4.91. The number of halogens is 1. The number of fused-ring (bicyclic) bond motifs is 3. The minimum atomic E-state index is -0.100. The molecule has 3 aromatic heterocycles. The Kier molecular flexibility index (Phi) is 84.1. The fraction of sp³-hybridized carbons (Fsp3) is 0.500. The third kappa shape index (κ3) is 62.1. The molecule has 0 radical (unpaired) electrons. The molecule has 3 rings (SSSR count). The summed E-state index contributed by atoms with van der Waals surface area (Å²) in [4.78, 5) is 14.5. The molecule has 0 amide bonds. The van der Waals surface area contributed by atoms with Crippen molar-refractivity contribution in [3.8, 4) is 0 Å². The van der Waals surface area contributed by atoms with Gasteiger partial charge in [-0.2, -0.15) is 0 Å². The van der Waals surface area contributed by atoms with Gasteiger partial charge in [0.05, 0.1) is 11.1 Å². The summed E-state index contributed by atoms with van der Waals surface area (Å²) >= 11 is 13.2. The highest BCUT2D eigenvalue weighted by Gasteiger charge is 2.25. The van der Waals surface area contributed by atoms with Gasteiger partial charge < -0.3 is 0 Å². The van der Waals surface area contributed by atoms with Crippen molar-refractivity contribution in [2.24, 2.45) is 0 Å². The van der Waals surface area contributed by atoms with Crippen LogP contribution >= 0.6 is 15.9 Å². The number of aryl methyl sites for hydroxylation is 1. The molecule has 536 valence electrons. The van der Waals surface area contributed by atoms with Crippen LogP contribution in [-0.2, 0) is 628 Å². The van der Waals surface area contributed by atoms with E-state index in [1.165, 1.54) is 17.8 Å². The molecule has 3 aromatic rings. The van der Waals surface area contributed by atoms with Gasteiger partial charge >= 0.3 is 0 Å². The van der Waals surface area contributed by atoms with Gasteiger partial charge in [0.15, 0.2) is 11.3 Å². The number of hydrogen-bond donors (Lipinski definition) is 0. The third-order valence-corrected chi connectivity index (χ3v) is 153. The summed E-state index contributed by atoms with van der Waals surface area (Å²) in [6.07, 6.45) is 0. The van der Waals surface area contributed by atoms with Crippen molar-refractivity contribution >= 4 is 650 Å². The van der Waals surface area contributed by atoms with E-state index in [4.69, 9.17) is 37.3 Å². The number of pyridine rings is 1. The van der Waals surface area contributed by atoms with E-state index in [9.17, 15) is 0 Å². The van der Waals surface area contributed by atoms with Crippen molar-refractivity contribution in [2.75, 3.05) is 0 Å². The molecule has 0 saturated heterocycles. The summed E-state index contributed by atoms with van der Waals surface area (Å²) in [5.41, 5.74) is 3.69. The second-order valence-corrected chi connectivity index (χ2v) is 132. The van der Waals surface area contributed by atoms with E-state index in [1.54, 1.807) is 107 Å². The molecule has 0 spiro atoms. The van der Waals surface area contributed by atoms with Gasteiger partial charge in [-0.25, -0.2) is 15.0 Å². The van der Waals surface area contributed by atoms with Crippen LogP contribution < -0.4 is 0 Å². The Balaban J connectivity index is 0.00000103. The van der Waals surface area contributed by atoms with Gasteiger partial charge in [-0.3, -0.25) is 4.40 Å². The number of nitrogens with zero attached hydrogens (tertiary/aromatic N) is 4. The quantitative estimate of drug-likeness (QED) is 0.325. The monoisotopic (exact) mass is 2580 g/mol. The molecule has 0 unspecified atom stereocenters. The molecule has 0 aromatic carbocycles. The van der Waals surface area contributed by atoms with E-state index < -0.39 is 0 Å². The van der Waals surface area contributed by atoms with Gasteiger partial charge in [0.2, 0.25) is 0 Å². The molecule has 0 aliphatic heterocycles. The van der Waals surface area contributed by atoms with Crippen LogP contribution in [0.3, 0.4) is 0 Å². The van der Waals surface area contributed by atoms with Gasteiger partial charge in [0, 0.05) is 634 Å². The number of rotatable bonds is 0. The van der Waals surface area contributed by atoms with Gasteiger partial charge in [0.1, 0.15) is 10.4 Å². The van der Waals surface area contributed by atoms with Gasteiger partial charge in [-0.1, -0.05) is 41.5 Å². The normalized spacial score (nSPS) is 9.17. The lowest BCUT2D eigenvalue weighted by molar-refractivity contribution is 0.535. The van der Waals surface area contributed by atoms with E-state index in [2.05, 4.69) is 80.9 Å². The lowest BCUT2D eigenvalue weighted by Crippen LogP contribution is -2.20. The molecule has 4 nitrogen and oxygen atoms in total. The van der Waals surface area contributed by atoms with E-state index in [-0.39, 0.29) is 10.8 Å². The Morgan fingerprint density at radius 2 is 0.478 bits per heavy atom. The van der Waals surface area contributed by atoms with Gasteiger partial charge in [-0.05, 0) is 35.0 Å². The average Bonchev–Trinajstić information content (AvgIpc) is 1.49. The fourth-order valence-corrected chi connectivity index (χ4v) is 182. The summed E-state index contributed by atoms with van der Waals surface area (Å²) in [5, 5.41) is 0.986. The summed E-state index contributed by atoms with van der Waals surface area (Å²) in [5.74, 6) is 0.981. The third-order valence-electron chi connectivity index (χ3n) is 5.86. The lowest BCUT2D eigenvalue weighted by Gasteiger charge is -2.22. The average molecular weight is 2590 g/mol. The molecular formula is C18H23BrN4S69. The SMILES string of the molecule is Cc1c(Br)nc2c3ccc(C(C)(C)C)nc3nc(C(C)(C)C)n12.S=S=S=S=S=S=S=S=S=S=S=S=S=S=S=S=S=S=S=S=S=S=S=S=S=S=S=S=S=S=S=S=S=S=S=S=S=S=S=S=S=S=S=S=S=S=S=S=S=S=S=S=S=S=S=S=S=S=S=S=S=S=S=S=S=S=S=S=S. The van der Waals surface area contributed by atoms with E-state index >= 15 is 0 Å². The van der Waals surface area contributed by atoms with E-state index in [1.807, 2.05) is 471 Å². The molecule has 92 heavy (non-hydrogen) atoms. The van der Waals surface area contributed by atoms with Crippen LogP contribution in [0, 0.1) is 6.92 Å². The smallest absolute Gasteiger partial charge is 0.165 e. The molecule has 0 fully saturated rings. The van der Waals surface area contributed by atoms with Crippen molar-refractivity contribution in [1.82, 2.24) is 19.4 Å². The Bertz CT molecular complexity index is 6330. The highest BCUT2D eigenvalue weighted by atomic mass is 79.9. The first-order chi connectivity index (χ1) is 44.9. The van der Waals surface area contributed by atoms with Crippen LogP contribution in [0.1, 0.15) is 58.8 Å². The minimum Gasteiger partial charge on any atom is -0.283 e. The molecule has 0 atom stereocenters. The predicted molar refractivity (Wildman–Crippen MR) is 606 cm³/mol. The topological polar surface area (TPSA) is 43.1 Å². The van der Waals surface area contributed by atoms with Crippen LogP contribution in [0.15, 0.2) is 16.7 Å². The zero-order valence-electron chi connectivity index (χ0n) is 43.0. The molecular weight excluding hydrogens is 2560 g/mol. The van der Waals surface area contributed by atoms with Gasteiger partial charge in [-0.15, -0.1) is 0 Å². The fourth-order valence-electron chi connectivity index (χ4n) is 3.43. The Labute approximate surface area is 742 Å². The maximum atomic E-state index is 4.91. The van der Waals surface area contributed by atoms with Gasteiger partial charge in [0.25, 0.3) is 0 Å². The zero-order chi connectivity index (χ0) is 66.5. The van der Waals surface area contributed by atoms with Crippen molar-refractivity contribution in [3.63, 3.8) is 0 Å². The Morgan fingerprint density at radius 3 is 0.652 bits per heavy atom. The second kappa shape index (κ2) is 76.0. The van der Waals surface area contributed by atoms with Crippen LogP contribution in [0.4, 0.5) is 0 Å². The van der Waals surface area contributed by atoms with E-state index in [0.717, 1.165) is 38.5 Å². The Morgan fingerprint density at radius 1 is 0.283 bits per heavy atom. The van der Waals surface area contributed by atoms with Crippen LogP contribution in [0.25, 0.3) is 16.7 Å². The molecule has 0 saturated carbocycles. The first-order valence-corrected chi connectivity index (χ1v) is 111. The highest BCUT2D eigenvalue weighted by Crippen LogP contribution is 2.31. The summed E-state index contributed by atoms with van der Waals surface area (Å²) < 4.78 is 3.00. The second-order valence-electron chi connectivity index (χ2n) is 12.7. The highest BCUT2D eigenvalue weighted by molar-refractivity contribution is 9.10. The summed E-state index contributed by atoms with van der Waals surface area (Å²) in [6, 6.07) is 4.18. The molecule has 0 N–H and O–H groups in total. The van der Waals surface area contributed by atoms with Crippen molar-refractivity contribution in [1.29, 1.82) is 0 Å². The molecule has 3 heterocycles. The van der Waals surface area contributed by atoms with Crippen molar-refractivity contribution in [2.45, 2.75) is 59.3 Å². The summed E-state index contributed by atoms with van der Waals surface area (Å²) in [6.45, 7) is 15.1. The molecule has 0 aliphatic carbocycles. The molecule has 0 aliphatic rings.